The molecule has 0 N–H and O–H groups in total. The fraction of sp³-hybridized carbons (Fsp3) is 0.929. The molecule has 0 aromatic carbocycles. The molecule has 38 heavy (non-hydrogen) atoms. The number of likely N-dealkylation sites (N-methyl/N-ethyl adjacent to an activating group) is 1. The molecule has 0 rings (SSSR count). The van der Waals surface area contributed by atoms with Gasteiger partial charge >= 0.3 is 11.9 Å². The number of nitrogens with zero attached hydrogens (tertiary/aromatic N) is 1. The Morgan fingerprint density at radius 2 is 1.24 bits per heavy atom. The molecule has 0 aliphatic rings. The number of phosphoric ester groups is 1. The molecule has 0 radical (unpaired) electrons. The van der Waals surface area contributed by atoms with Crippen molar-refractivity contribution >= 4 is 19.8 Å². The molecule has 0 aliphatic heterocycles. The molecule has 0 saturated heterocycles. The fourth-order valence-electron chi connectivity index (χ4n) is 3.85. The molecule has 10 heteroatoms. The van der Waals surface area contributed by atoms with E-state index in [9.17, 15) is 19.0 Å². The van der Waals surface area contributed by atoms with Crippen LogP contribution in [0.3, 0.4) is 0 Å². The molecule has 0 aromatic heterocycles. The summed E-state index contributed by atoms with van der Waals surface area (Å²) in [7, 11) is 1.16. The molecule has 0 fully saturated rings. The number of hydrogen-bond acceptors (Lipinski definition) is 8. The zero-order valence-electron chi connectivity index (χ0n) is 24.9. The van der Waals surface area contributed by atoms with Gasteiger partial charge in [-0.3, -0.25) is 14.2 Å². The van der Waals surface area contributed by atoms with Crippen molar-refractivity contribution in [2.75, 3.05) is 47.5 Å². The lowest BCUT2D eigenvalue weighted by atomic mass is 10.0. The van der Waals surface area contributed by atoms with E-state index >= 15 is 0 Å². The third kappa shape index (κ3) is 26.6. The smallest absolute Gasteiger partial charge is 0.306 e. The summed E-state index contributed by atoms with van der Waals surface area (Å²) in [5.74, 6) is -1.02. The van der Waals surface area contributed by atoms with Gasteiger partial charge in [0.05, 0.1) is 27.7 Å². The van der Waals surface area contributed by atoms with Crippen molar-refractivity contribution in [3.63, 3.8) is 0 Å². The molecule has 2 atom stereocenters. The van der Waals surface area contributed by atoms with E-state index in [4.69, 9.17) is 18.5 Å². The Labute approximate surface area is 232 Å². The highest BCUT2D eigenvalue weighted by molar-refractivity contribution is 7.45. The van der Waals surface area contributed by atoms with Crippen LogP contribution in [0.15, 0.2) is 0 Å². The lowest BCUT2D eigenvalue weighted by molar-refractivity contribution is -0.870. The number of unbranched alkanes of at least 4 members (excludes halogenated alkanes) is 14. The van der Waals surface area contributed by atoms with Gasteiger partial charge in [0.1, 0.15) is 19.8 Å². The second-order valence-electron chi connectivity index (χ2n) is 11.2. The van der Waals surface area contributed by atoms with Crippen LogP contribution in [0.4, 0.5) is 0 Å². The van der Waals surface area contributed by atoms with Crippen molar-refractivity contribution < 1.29 is 42.1 Å². The van der Waals surface area contributed by atoms with Crippen molar-refractivity contribution in [3.8, 4) is 0 Å². The topological polar surface area (TPSA) is 111 Å². The summed E-state index contributed by atoms with van der Waals surface area (Å²) in [6.45, 7) is 3.17. The molecule has 0 saturated carbocycles. The van der Waals surface area contributed by atoms with Crippen molar-refractivity contribution in [1.29, 1.82) is 0 Å². The molecule has 0 heterocycles. The summed E-state index contributed by atoms with van der Waals surface area (Å²) in [5.41, 5.74) is 0. The van der Waals surface area contributed by atoms with Crippen LogP contribution in [0.2, 0.25) is 0 Å². The maximum absolute atomic E-state index is 12.2. The molecule has 0 aromatic rings. The van der Waals surface area contributed by atoms with Gasteiger partial charge in [0.2, 0.25) is 0 Å². The second-order valence-corrected chi connectivity index (χ2v) is 12.6. The van der Waals surface area contributed by atoms with E-state index in [2.05, 4.69) is 6.92 Å². The van der Waals surface area contributed by atoms with E-state index < -0.39 is 32.5 Å². The zero-order chi connectivity index (χ0) is 28.7. The average molecular weight is 566 g/mol. The van der Waals surface area contributed by atoms with Crippen molar-refractivity contribution in [3.05, 3.63) is 0 Å². The normalized spacial score (nSPS) is 14.2. The number of rotatable bonds is 26. The van der Waals surface area contributed by atoms with Crippen molar-refractivity contribution in [2.24, 2.45) is 0 Å². The van der Waals surface area contributed by atoms with Crippen LogP contribution in [0.25, 0.3) is 0 Å². The first kappa shape index (κ1) is 37.0. The summed E-state index contributed by atoms with van der Waals surface area (Å²) < 4.78 is 32.5. The van der Waals surface area contributed by atoms with Gasteiger partial charge < -0.3 is 27.9 Å². The van der Waals surface area contributed by atoms with Gasteiger partial charge in [-0.2, -0.15) is 0 Å². The van der Waals surface area contributed by atoms with E-state index in [-0.39, 0.29) is 19.6 Å². The van der Waals surface area contributed by atoms with Gasteiger partial charge in [-0.25, -0.2) is 0 Å². The zero-order valence-corrected chi connectivity index (χ0v) is 25.8. The van der Waals surface area contributed by atoms with Crippen LogP contribution < -0.4 is 4.89 Å². The van der Waals surface area contributed by atoms with Gasteiger partial charge in [-0.05, 0) is 6.42 Å². The van der Waals surface area contributed by atoms with E-state index in [0.29, 0.717) is 17.4 Å². The van der Waals surface area contributed by atoms with Crippen molar-refractivity contribution in [1.82, 2.24) is 0 Å². The van der Waals surface area contributed by atoms with Crippen LogP contribution in [-0.4, -0.2) is 70.0 Å². The van der Waals surface area contributed by atoms with Crippen molar-refractivity contribution in [2.45, 2.75) is 123 Å². The van der Waals surface area contributed by atoms with Crippen LogP contribution in [-0.2, 0) is 32.7 Å². The molecule has 0 bridgehead atoms. The van der Waals surface area contributed by atoms with Gasteiger partial charge in [-0.1, -0.05) is 96.8 Å². The third-order valence-corrected chi connectivity index (χ3v) is 7.15. The number of hydrogen-bond donors (Lipinski definition) is 0. The number of phosphoric acid groups is 1. The standard InChI is InChI=1S/C28H56NO8P/c1-6-7-8-9-10-11-12-13-14-15-16-17-18-19-20-21-28(31)37-27(24-34-26(2)30)25-36-38(32,33)35-23-22-29(3,4)5/h27H,6-25H2,1-5H3. The highest BCUT2D eigenvalue weighted by atomic mass is 31.2. The molecule has 226 valence electrons. The predicted molar refractivity (Wildman–Crippen MR) is 148 cm³/mol. The minimum atomic E-state index is -4.57. The lowest BCUT2D eigenvalue weighted by Crippen LogP contribution is -2.37. The predicted octanol–water partition coefficient (Wildman–Crippen LogP) is 5.93. The van der Waals surface area contributed by atoms with Gasteiger partial charge in [0.15, 0.2) is 6.10 Å². The fourth-order valence-corrected chi connectivity index (χ4v) is 4.58. The third-order valence-electron chi connectivity index (χ3n) is 6.19. The number of quaternary nitrogens is 1. The molecule has 0 spiro atoms. The summed E-state index contributed by atoms with van der Waals surface area (Å²) in [6.07, 6.45) is 17.8. The second kappa shape index (κ2) is 22.8. The summed E-state index contributed by atoms with van der Waals surface area (Å²) in [6, 6.07) is 0. The van der Waals surface area contributed by atoms with Crippen LogP contribution in [0, 0.1) is 0 Å². The maximum atomic E-state index is 12.2. The highest BCUT2D eigenvalue weighted by Crippen LogP contribution is 2.38. The molecular formula is C28H56NO8P. The first-order valence-electron chi connectivity index (χ1n) is 14.7. The molecular weight excluding hydrogens is 509 g/mol. The van der Waals surface area contributed by atoms with Crippen LogP contribution in [0.1, 0.15) is 117 Å². The number of esters is 2. The quantitative estimate of drug-likeness (QED) is 0.0549. The Kier molecular flexibility index (Phi) is 22.2. The molecule has 2 unspecified atom stereocenters. The minimum absolute atomic E-state index is 0.0299. The van der Waals surface area contributed by atoms with E-state index in [1.54, 1.807) is 0 Å². The minimum Gasteiger partial charge on any atom is -0.756 e. The average Bonchev–Trinajstić information content (AvgIpc) is 2.82. The van der Waals surface area contributed by atoms with E-state index in [0.717, 1.165) is 12.8 Å². The van der Waals surface area contributed by atoms with Crippen LogP contribution in [0.5, 0.6) is 0 Å². The first-order chi connectivity index (χ1) is 17.9. The Morgan fingerprint density at radius 3 is 1.68 bits per heavy atom. The summed E-state index contributed by atoms with van der Waals surface area (Å²) >= 11 is 0. The Balaban J connectivity index is 3.99. The lowest BCUT2D eigenvalue weighted by Gasteiger charge is -2.28. The molecule has 0 amide bonds. The van der Waals surface area contributed by atoms with Gasteiger partial charge in [-0.15, -0.1) is 0 Å². The number of carbonyl (C=O) groups is 2. The SMILES string of the molecule is CCCCCCCCCCCCCCCCCC(=O)OC(COC(C)=O)COP(=O)([O-])OCC[N+](C)(C)C. The Morgan fingerprint density at radius 1 is 0.763 bits per heavy atom. The summed E-state index contributed by atoms with van der Waals surface area (Å²) in [5, 5.41) is 0. The van der Waals surface area contributed by atoms with E-state index in [1.807, 2.05) is 21.1 Å². The molecule has 9 nitrogen and oxygen atoms in total. The largest absolute Gasteiger partial charge is 0.756 e. The Hall–Kier alpha value is -0.990. The number of ether oxygens (including phenoxy) is 2. The highest BCUT2D eigenvalue weighted by Gasteiger charge is 2.21. The molecule has 0 aliphatic carbocycles. The number of carbonyl (C=O) groups excluding carboxylic acids is 2. The summed E-state index contributed by atoms with van der Waals surface area (Å²) in [4.78, 5) is 35.4. The van der Waals surface area contributed by atoms with E-state index in [1.165, 1.54) is 84.0 Å². The van der Waals surface area contributed by atoms with Gasteiger partial charge in [0, 0.05) is 13.3 Å². The monoisotopic (exact) mass is 565 g/mol. The Bertz CT molecular complexity index is 653. The van der Waals surface area contributed by atoms with Crippen LogP contribution >= 0.6 is 7.82 Å². The first-order valence-corrected chi connectivity index (χ1v) is 16.1. The van der Waals surface area contributed by atoms with Gasteiger partial charge in [0.25, 0.3) is 7.82 Å². The maximum Gasteiger partial charge on any atom is 0.306 e.